The number of anilines is 2. The summed E-state index contributed by atoms with van der Waals surface area (Å²) in [5, 5.41) is 0. The first kappa shape index (κ1) is 16.6. The van der Waals surface area contributed by atoms with Crippen LogP contribution in [0.4, 0.5) is 11.4 Å². The summed E-state index contributed by atoms with van der Waals surface area (Å²) in [4.78, 5) is 29.4. The number of para-hydroxylation sites is 2. The fraction of sp³-hybridized carbons (Fsp3) is 0.273. The summed E-state index contributed by atoms with van der Waals surface area (Å²) in [7, 11) is 0. The number of amides is 2. The average molecular weight is 376 g/mol. The third-order valence-corrected chi connectivity index (χ3v) is 7.06. The smallest absolute Gasteiger partial charge is 0.269 e. The fourth-order valence-electron chi connectivity index (χ4n) is 4.70. The molecule has 0 aliphatic carbocycles. The van der Waals surface area contributed by atoms with Crippen LogP contribution in [-0.2, 0) is 14.5 Å². The summed E-state index contributed by atoms with van der Waals surface area (Å²) >= 11 is 1.43. The van der Waals surface area contributed by atoms with Gasteiger partial charge < -0.3 is 0 Å². The largest absolute Gasteiger partial charge is 0.299 e. The van der Waals surface area contributed by atoms with Crippen LogP contribution in [-0.4, -0.2) is 23.1 Å². The lowest BCUT2D eigenvalue weighted by atomic mass is 9.89. The molecule has 0 radical (unpaired) electrons. The second-order valence-electron chi connectivity index (χ2n) is 7.82. The molecule has 0 N–H and O–H groups in total. The predicted molar refractivity (Wildman–Crippen MR) is 110 cm³/mol. The monoisotopic (exact) mass is 376 g/mol. The van der Waals surface area contributed by atoms with Gasteiger partial charge >= 0.3 is 0 Å². The summed E-state index contributed by atoms with van der Waals surface area (Å²) in [5.41, 5.74) is 4.44. The van der Waals surface area contributed by atoms with Crippen molar-refractivity contribution in [1.82, 2.24) is 0 Å². The third kappa shape index (κ3) is 1.95. The zero-order chi connectivity index (χ0) is 19.0. The molecule has 3 heterocycles. The number of hydrogen-bond donors (Lipinski definition) is 0. The van der Waals surface area contributed by atoms with E-state index in [1.165, 1.54) is 17.3 Å². The van der Waals surface area contributed by atoms with Gasteiger partial charge in [0, 0.05) is 16.8 Å². The van der Waals surface area contributed by atoms with E-state index in [4.69, 9.17) is 0 Å². The van der Waals surface area contributed by atoms with E-state index < -0.39 is 10.4 Å². The van der Waals surface area contributed by atoms with Crippen molar-refractivity contribution >= 4 is 40.5 Å². The summed E-state index contributed by atoms with van der Waals surface area (Å²) in [6.07, 6.45) is 2.14. The molecule has 0 bridgehead atoms. The Bertz CT molecular complexity index is 1030. The molecular weight excluding hydrogens is 356 g/mol. The SMILES string of the molecule is CC1=CC(C)(C)N2C(=O)C3(SCC(=O)N3c3ccccc3)c3cccc1c32. The van der Waals surface area contributed by atoms with Crippen molar-refractivity contribution in [3.63, 3.8) is 0 Å². The molecule has 5 heteroatoms. The number of allylic oxidation sites excluding steroid dienone is 1. The van der Waals surface area contributed by atoms with E-state index in [1.807, 2.05) is 47.4 Å². The van der Waals surface area contributed by atoms with Gasteiger partial charge in [-0.1, -0.05) is 42.5 Å². The number of carbonyl (C=O) groups excluding carboxylic acids is 2. The van der Waals surface area contributed by atoms with Crippen LogP contribution in [0.15, 0.2) is 54.6 Å². The van der Waals surface area contributed by atoms with Crippen LogP contribution < -0.4 is 9.80 Å². The van der Waals surface area contributed by atoms with Crippen LogP contribution >= 0.6 is 11.8 Å². The predicted octanol–water partition coefficient (Wildman–Crippen LogP) is 4.16. The molecule has 27 heavy (non-hydrogen) atoms. The van der Waals surface area contributed by atoms with Gasteiger partial charge in [0.15, 0.2) is 0 Å². The molecule has 1 unspecified atom stereocenters. The first-order chi connectivity index (χ1) is 12.9. The fourth-order valence-corrected chi connectivity index (χ4v) is 6.03. The number of thioether (sulfide) groups is 1. The first-order valence-corrected chi connectivity index (χ1v) is 10.1. The van der Waals surface area contributed by atoms with Gasteiger partial charge in [-0.15, -0.1) is 11.8 Å². The Kier molecular flexibility index (Phi) is 3.24. The lowest BCUT2D eigenvalue weighted by molar-refractivity contribution is -0.124. The van der Waals surface area contributed by atoms with Crippen molar-refractivity contribution in [3.8, 4) is 0 Å². The second-order valence-corrected chi connectivity index (χ2v) is 8.99. The van der Waals surface area contributed by atoms with Crippen LogP contribution in [0.1, 0.15) is 31.9 Å². The van der Waals surface area contributed by atoms with Gasteiger partial charge in [-0.2, -0.15) is 0 Å². The molecule has 2 aromatic carbocycles. The highest BCUT2D eigenvalue weighted by atomic mass is 32.2. The molecular formula is C22H20N2O2S. The minimum absolute atomic E-state index is 0.0283. The number of hydrogen-bond acceptors (Lipinski definition) is 3. The summed E-state index contributed by atoms with van der Waals surface area (Å²) in [6, 6.07) is 15.6. The van der Waals surface area contributed by atoms with Crippen molar-refractivity contribution in [2.75, 3.05) is 15.6 Å². The number of benzene rings is 2. The standard InChI is InChI=1S/C22H20N2O2S/c1-14-12-21(2,3)24-19-16(14)10-7-11-17(19)22(20(24)26)23(18(25)13-27-22)15-8-5-4-6-9-15/h4-12H,13H2,1-3H3. The molecule has 136 valence electrons. The van der Waals surface area contributed by atoms with Gasteiger partial charge in [-0.25, -0.2) is 0 Å². The first-order valence-electron chi connectivity index (χ1n) is 9.08. The van der Waals surface area contributed by atoms with Crippen LogP contribution in [0.2, 0.25) is 0 Å². The van der Waals surface area contributed by atoms with E-state index in [9.17, 15) is 9.59 Å². The Balaban J connectivity index is 1.82. The average Bonchev–Trinajstić information content (AvgIpc) is 3.11. The van der Waals surface area contributed by atoms with Gasteiger partial charge in [0.2, 0.25) is 10.8 Å². The highest BCUT2D eigenvalue weighted by molar-refractivity contribution is 8.02. The number of carbonyl (C=O) groups is 2. The van der Waals surface area contributed by atoms with Crippen LogP contribution in [0.3, 0.4) is 0 Å². The van der Waals surface area contributed by atoms with Gasteiger partial charge in [0.25, 0.3) is 5.91 Å². The molecule has 0 saturated carbocycles. The topological polar surface area (TPSA) is 40.6 Å². The third-order valence-electron chi connectivity index (χ3n) is 5.67. The number of rotatable bonds is 1. The highest BCUT2D eigenvalue weighted by Gasteiger charge is 2.63. The van der Waals surface area contributed by atoms with Gasteiger partial charge in [0.1, 0.15) is 0 Å². The molecule has 3 aliphatic heterocycles. The van der Waals surface area contributed by atoms with Crippen LogP contribution in [0.5, 0.6) is 0 Å². The second kappa shape index (κ2) is 5.26. The van der Waals surface area contributed by atoms with Gasteiger partial charge in [-0.3, -0.25) is 19.4 Å². The van der Waals surface area contributed by atoms with Crippen molar-refractivity contribution < 1.29 is 9.59 Å². The molecule has 1 fully saturated rings. The highest BCUT2D eigenvalue weighted by Crippen LogP contribution is 2.59. The number of fused-ring (bicyclic) bond motifs is 1. The Morgan fingerprint density at radius 3 is 2.44 bits per heavy atom. The molecule has 0 aromatic heterocycles. The maximum Gasteiger partial charge on any atom is 0.269 e. The van der Waals surface area contributed by atoms with Crippen molar-refractivity contribution in [2.45, 2.75) is 31.2 Å². The molecule has 1 saturated heterocycles. The van der Waals surface area contributed by atoms with E-state index in [2.05, 4.69) is 32.9 Å². The van der Waals surface area contributed by atoms with Crippen molar-refractivity contribution in [2.24, 2.45) is 0 Å². The normalized spacial score (nSPS) is 25.2. The Labute approximate surface area is 162 Å². The van der Waals surface area contributed by atoms with E-state index in [0.717, 1.165) is 22.5 Å². The zero-order valence-corrected chi connectivity index (χ0v) is 16.3. The van der Waals surface area contributed by atoms with Crippen molar-refractivity contribution in [1.29, 1.82) is 0 Å². The summed E-state index contributed by atoms with van der Waals surface area (Å²) < 4.78 is 0. The zero-order valence-electron chi connectivity index (χ0n) is 15.5. The van der Waals surface area contributed by atoms with E-state index in [0.29, 0.717) is 5.75 Å². The van der Waals surface area contributed by atoms with E-state index in [1.54, 1.807) is 4.90 Å². The molecule has 3 aliphatic rings. The maximum absolute atomic E-state index is 13.9. The molecule has 5 rings (SSSR count). The van der Waals surface area contributed by atoms with Gasteiger partial charge in [-0.05, 0) is 38.5 Å². The lowest BCUT2D eigenvalue weighted by Crippen LogP contribution is -2.54. The molecule has 4 nitrogen and oxygen atoms in total. The summed E-state index contributed by atoms with van der Waals surface area (Å²) in [5.74, 6) is 0.239. The molecule has 1 atom stereocenters. The van der Waals surface area contributed by atoms with E-state index >= 15 is 0 Å². The minimum Gasteiger partial charge on any atom is -0.299 e. The van der Waals surface area contributed by atoms with Crippen LogP contribution in [0.25, 0.3) is 5.57 Å². The quantitative estimate of drug-likeness (QED) is 0.750. The Morgan fingerprint density at radius 2 is 1.70 bits per heavy atom. The van der Waals surface area contributed by atoms with Crippen LogP contribution in [0, 0.1) is 0 Å². The maximum atomic E-state index is 13.9. The summed E-state index contributed by atoms with van der Waals surface area (Å²) in [6.45, 7) is 6.20. The Hall–Kier alpha value is -2.53. The molecule has 2 amide bonds. The Morgan fingerprint density at radius 1 is 0.963 bits per heavy atom. The minimum atomic E-state index is -1.03. The number of nitrogens with zero attached hydrogens (tertiary/aromatic N) is 2. The van der Waals surface area contributed by atoms with E-state index in [-0.39, 0.29) is 11.8 Å². The van der Waals surface area contributed by atoms with Gasteiger partial charge in [0.05, 0.1) is 17.0 Å². The molecule has 1 spiro atoms. The lowest BCUT2D eigenvalue weighted by Gasteiger charge is -2.40. The van der Waals surface area contributed by atoms with Crippen molar-refractivity contribution in [3.05, 3.63) is 65.7 Å². The molecule has 2 aromatic rings.